The summed E-state index contributed by atoms with van der Waals surface area (Å²) in [4.78, 5) is 39.9. The van der Waals surface area contributed by atoms with Crippen LogP contribution in [0.1, 0.15) is 49.7 Å². The van der Waals surface area contributed by atoms with E-state index in [1.54, 1.807) is 0 Å². The molecule has 1 atom stereocenters. The summed E-state index contributed by atoms with van der Waals surface area (Å²) in [6, 6.07) is 6.71. The lowest BCUT2D eigenvalue weighted by atomic mass is 10.0. The first-order valence-corrected chi connectivity index (χ1v) is 9.73. The van der Waals surface area contributed by atoms with Crippen molar-refractivity contribution in [2.45, 2.75) is 31.7 Å². The maximum atomic E-state index is 13.0. The van der Waals surface area contributed by atoms with Crippen LogP contribution >= 0.6 is 0 Å². The minimum Gasteiger partial charge on any atom is -0.467 e. The molecule has 2 aliphatic rings. The lowest BCUT2D eigenvalue weighted by Crippen LogP contribution is -2.38. The number of fused-ring (bicyclic) bond motifs is 1. The maximum Gasteiger partial charge on any atom is 0.406 e. The third-order valence-corrected chi connectivity index (χ3v) is 5.21. The summed E-state index contributed by atoms with van der Waals surface area (Å²) in [5, 5.41) is 0. The molecule has 1 fully saturated rings. The molecule has 4 rings (SSSR count). The molecule has 0 saturated carbocycles. The molecule has 0 bridgehead atoms. The van der Waals surface area contributed by atoms with Crippen LogP contribution in [0, 0.1) is 0 Å². The van der Waals surface area contributed by atoms with Crippen LogP contribution < -0.4 is 0 Å². The van der Waals surface area contributed by atoms with Crippen LogP contribution in [0.3, 0.4) is 0 Å². The average molecular weight is 436 g/mol. The molecule has 0 aliphatic carbocycles. The van der Waals surface area contributed by atoms with E-state index in [9.17, 15) is 27.6 Å². The van der Waals surface area contributed by atoms with Crippen LogP contribution in [-0.4, -0.2) is 59.5 Å². The largest absolute Gasteiger partial charge is 0.467 e. The molecule has 31 heavy (non-hydrogen) atoms. The predicted molar refractivity (Wildman–Crippen MR) is 100 cm³/mol. The number of carbonyl (C=O) groups is 3. The number of amides is 3. The summed E-state index contributed by atoms with van der Waals surface area (Å²) in [5.41, 5.74) is 0.00132. The molecule has 1 aromatic heterocycles. The number of nitrogens with zero attached hydrogens (tertiary/aromatic N) is 2. The van der Waals surface area contributed by atoms with E-state index in [1.807, 2.05) is 0 Å². The van der Waals surface area contributed by atoms with Gasteiger partial charge in [-0.15, -0.1) is 0 Å². The summed E-state index contributed by atoms with van der Waals surface area (Å²) >= 11 is 0. The Labute approximate surface area is 175 Å². The maximum absolute atomic E-state index is 13.0. The molecule has 1 unspecified atom stereocenters. The molecular weight excluding hydrogens is 417 g/mol. The van der Waals surface area contributed by atoms with Crippen LogP contribution in [-0.2, 0) is 11.3 Å². The topological polar surface area (TPSA) is 80.1 Å². The van der Waals surface area contributed by atoms with Crippen molar-refractivity contribution in [1.82, 2.24) is 9.80 Å². The predicted octanol–water partition coefficient (Wildman–Crippen LogP) is 3.26. The second-order valence-electron chi connectivity index (χ2n) is 7.47. The molecule has 10 heteroatoms. The molecule has 3 heterocycles. The fourth-order valence-corrected chi connectivity index (χ4v) is 3.77. The van der Waals surface area contributed by atoms with Gasteiger partial charge in [-0.3, -0.25) is 19.3 Å². The van der Waals surface area contributed by atoms with Gasteiger partial charge in [0, 0.05) is 12.2 Å². The molecule has 0 spiro atoms. The van der Waals surface area contributed by atoms with E-state index in [0.29, 0.717) is 11.5 Å². The van der Waals surface area contributed by atoms with Gasteiger partial charge in [-0.2, -0.15) is 13.2 Å². The van der Waals surface area contributed by atoms with Gasteiger partial charge in [0.1, 0.15) is 12.3 Å². The Kier molecular flexibility index (Phi) is 5.57. The number of benzene rings is 1. The Morgan fingerprint density at radius 2 is 1.94 bits per heavy atom. The molecule has 164 valence electrons. The van der Waals surface area contributed by atoms with E-state index in [2.05, 4.69) is 0 Å². The summed E-state index contributed by atoms with van der Waals surface area (Å²) in [6.45, 7) is -1.20. The number of carbonyl (C=O) groups excluding carboxylic acids is 3. The van der Waals surface area contributed by atoms with Gasteiger partial charge < -0.3 is 14.1 Å². The van der Waals surface area contributed by atoms with Gasteiger partial charge in [-0.05, 0) is 43.2 Å². The summed E-state index contributed by atoms with van der Waals surface area (Å²) < 4.78 is 49.7. The smallest absolute Gasteiger partial charge is 0.406 e. The van der Waals surface area contributed by atoms with Gasteiger partial charge in [0.2, 0.25) is 0 Å². The molecular formula is C21H19F3N2O5. The first kappa shape index (κ1) is 21.1. The van der Waals surface area contributed by atoms with Gasteiger partial charge in [0.15, 0.2) is 0 Å². The monoisotopic (exact) mass is 436 g/mol. The summed E-state index contributed by atoms with van der Waals surface area (Å²) in [7, 11) is 0. The number of rotatable bonds is 6. The van der Waals surface area contributed by atoms with E-state index in [-0.39, 0.29) is 41.6 Å². The Morgan fingerprint density at radius 1 is 1.16 bits per heavy atom. The molecule has 3 amide bonds. The Hall–Kier alpha value is -3.14. The van der Waals surface area contributed by atoms with Crippen LogP contribution in [0.15, 0.2) is 41.0 Å². The van der Waals surface area contributed by atoms with Crippen LogP contribution in [0.2, 0.25) is 0 Å². The Bertz CT molecular complexity index is 997. The normalized spacial score (nSPS) is 18.5. The molecule has 0 radical (unpaired) electrons. The standard InChI is InChI=1S/C21H19F3N2O5/c22-21(23,24)12-25(10-14-3-1-7-30-14)18(27)13-5-6-16-17(9-13)20(29)26(19(16)28)11-15-4-2-8-31-15/h1,3,5-7,9,15H,2,4,8,10-12H2. The minimum atomic E-state index is -4.62. The second kappa shape index (κ2) is 8.18. The molecule has 7 nitrogen and oxygen atoms in total. The number of ether oxygens (including phenoxy) is 1. The number of hydrogen-bond donors (Lipinski definition) is 0. The van der Waals surface area contributed by atoms with Crippen molar-refractivity contribution < 1.29 is 36.7 Å². The Morgan fingerprint density at radius 3 is 2.58 bits per heavy atom. The van der Waals surface area contributed by atoms with Crippen molar-refractivity contribution in [2.24, 2.45) is 0 Å². The van der Waals surface area contributed by atoms with Crippen molar-refractivity contribution >= 4 is 17.7 Å². The van der Waals surface area contributed by atoms with Crippen molar-refractivity contribution in [2.75, 3.05) is 19.7 Å². The number of imide groups is 1. The van der Waals surface area contributed by atoms with Crippen LogP contribution in [0.4, 0.5) is 13.2 Å². The first-order chi connectivity index (χ1) is 14.7. The highest BCUT2D eigenvalue weighted by Gasteiger charge is 2.39. The zero-order chi connectivity index (χ0) is 22.2. The summed E-state index contributed by atoms with van der Waals surface area (Å²) in [5.74, 6) is -1.82. The van der Waals surface area contributed by atoms with E-state index in [1.165, 1.54) is 36.6 Å². The molecule has 1 aromatic carbocycles. The number of furan rings is 1. The summed E-state index contributed by atoms with van der Waals surface area (Å²) in [6.07, 6.45) is -1.98. The third-order valence-electron chi connectivity index (χ3n) is 5.21. The van der Waals surface area contributed by atoms with Gasteiger partial charge in [-0.25, -0.2) is 0 Å². The van der Waals surface area contributed by atoms with E-state index in [4.69, 9.17) is 9.15 Å². The average Bonchev–Trinajstić information content (AvgIpc) is 3.46. The quantitative estimate of drug-likeness (QED) is 0.650. The third kappa shape index (κ3) is 4.48. The van der Waals surface area contributed by atoms with Crippen molar-refractivity contribution in [3.8, 4) is 0 Å². The van der Waals surface area contributed by atoms with Crippen molar-refractivity contribution in [3.63, 3.8) is 0 Å². The SMILES string of the molecule is O=C(c1ccc2c(c1)C(=O)N(CC1CCCO1)C2=O)N(Cc1ccco1)CC(F)(F)F. The minimum absolute atomic E-state index is 0.00111. The number of hydrogen-bond acceptors (Lipinski definition) is 5. The van der Waals surface area contributed by atoms with Crippen molar-refractivity contribution in [3.05, 3.63) is 59.0 Å². The molecule has 0 N–H and O–H groups in total. The highest BCUT2D eigenvalue weighted by molar-refractivity contribution is 6.22. The zero-order valence-corrected chi connectivity index (χ0v) is 16.4. The van der Waals surface area contributed by atoms with Crippen LogP contribution in [0.25, 0.3) is 0 Å². The zero-order valence-electron chi connectivity index (χ0n) is 16.4. The highest BCUT2D eigenvalue weighted by atomic mass is 19.4. The van der Waals surface area contributed by atoms with Gasteiger partial charge in [0.25, 0.3) is 17.7 Å². The number of alkyl halides is 3. The highest BCUT2D eigenvalue weighted by Crippen LogP contribution is 2.27. The Balaban J connectivity index is 1.57. The second-order valence-corrected chi connectivity index (χ2v) is 7.47. The lowest BCUT2D eigenvalue weighted by molar-refractivity contribution is -0.142. The van der Waals surface area contributed by atoms with Gasteiger partial charge in [-0.1, -0.05) is 0 Å². The lowest BCUT2D eigenvalue weighted by Gasteiger charge is -2.23. The molecule has 2 aliphatic heterocycles. The van der Waals surface area contributed by atoms with Gasteiger partial charge >= 0.3 is 6.18 Å². The fraction of sp³-hybridized carbons (Fsp3) is 0.381. The van der Waals surface area contributed by atoms with Crippen molar-refractivity contribution in [1.29, 1.82) is 0 Å². The van der Waals surface area contributed by atoms with E-state index < -0.39 is 30.4 Å². The molecule has 2 aromatic rings. The van der Waals surface area contributed by atoms with Crippen LogP contribution in [0.5, 0.6) is 0 Å². The number of halogens is 3. The van der Waals surface area contributed by atoms with E-state index in [0.717, 1.165) is 17.7 Å². The van der Waals surface area contributed by atoms with E-state index >= 15 is 0 Å². The molecule has 1 saturated heterocycles. The van der Waals surface area contributed by atoms with Gasteiger partial charge in [0.05, 0.1) is 36.6 Å². The first-order valence-electron chi connectivity index (χ1n) is 9.73. The fourth-order valence-electron chi connectivity index (χ4n) is 3.77.